The summed E-state index contributed by atoms with van der Waals surface area (Å²) < 4.78 is 0. The zero-order valence-electron chi connectivity index (χ0n) is 11.5. The van der Waals surface area contributed by atoms with Crippen LogP contribution in [0.2, 0.25) is 0 Å². The molecule has 1 N–H and O–H groups in total. The lowest BCUT2D eigenvalue weighted by Gasteiger charge is -2.09. The summed E-state index contributed by atoms with van der Waals surface area (Å²) >= 11 is 0. The summed E-state index contributed by atoms with van der Waals surface area (Å²) in [5, 5.41) is 15.6. The van der Waals surface area contributed by atoms with Gasteiger partial charge >= 0.3 is 0 Å². The Labute approximate surface area is 126 Å². The maximum absolute atomic E-state index is 12.4. The molecule has 3 rings (SSSR count). The number of para-hydroxylation sites is 1. The van der Waals surface area contributed by atoms with Gasteiger partial charge in [0, 0.05) is 17.1 Å². The summed E-state index contributed by atoms with van der Waals surface area (Å²) in [6.45, 7) is 0. The molecule has 5 nitrogen and oxygen atoms in total. The SMILES string of the molecule is O=C(Nc1cccc2ccccc12)c1ccccc1[N+](=O)[O-]. The number of hydrogen-bond donors (Lipinski definition) is 1. The van der Waals surface area contributed by atoms with Gasteiger partial charge in [0.25, 0.3) is 11.6 Å². The summed E-state index contributed by atoms with van der Waals surface area (Å²) in [5.74, 6) is -0.497. The normalized spacial score (nSPS) is 10.4. The van der Waals surface area contributed by atoms with Crippen molar-refractivity contribution in [2.24, 2.45) is 0 Å². The lowest BCUT2D eigenvalue weighted by atomic mass is 10.1. The van der Waals surface area contributed by atoms with Crippen LogP contribution in [-0.2, 0) is 0 Å². The van der Waals surface area contributed by atoms with Crippen LogP contribution in [0.15, 0.2) is 66.7 Å². The van der Waals surface area contributed by atoms with Gasteiger partial charge in [-0.05, 0) is 17.5 Å². The van der Waals surface area contributed by atoms with Crippen LogP contribution in [0, 0.1) is 10.1 Å². The number of anilines is 1. The third kappa shape index (κ3) is 2.52. The molecule has 0 spiro atoms. The summed E-state index contributed by atoms with van der Waals surface area (Å²) in [4.78, 5) is 22.8. The Kier molecular flexibility index (Phi) is 3.53. The molecule has 0 aliphatic carbocycles. The summed E-state index contributed by atoms with van der Waals surface area (Å²) in [6, 6.07) is 19.1. The average Bonchev–Trinajstić information content (AvgIpc) is 2.55. The van der Waals surface area contributed by atoms with Crippen molar-refractivity contribution in [3.8, 4) is 0 Å². The van der Waals surface area contributed by atoms with Gasteiger partial charge in [-0.3, -0.25) is 14.9 Å². The highest BCUT2D eigenvalue weighted by molar-refractivity contribution is 6.10. The first-order valence-electron chi connectivity index (χ1n) is 6.69. The molecule has 5 heteroatoms. The molecule has 1 amide bonds. The first kappa shape index (κ1) is 13.8. The lowest BCUT2D eigenvalue weighted by molar-refractivity contribution is -0.385. The third-order valence-electron chi connectivity index (χ3n) is 3.38. The molecule has 0 atom stereocenters. The van der Waals surface area contributed by atoms with Crippen LogP contribution in [0.25, 0.3) is 10.8 Å². The predicted octanol–water partition coefficient (Wildman–Crippen LogP) is 4.00. The number of hydrogen-bond acceptors (Lipinski definition) is 3. The second kappa shape index (κ2) is 5.65. The minimum absolute atomic E-state index is 0.0421. The molecule has 0 bridgehead atoms. The van der Waals surface area contributed by atoms with Gasteiger partial charge in [0.2, 0.25) is 0 Å². The number of carbonyl (C=O) groups is 1. The van der Waals surface area contributed by atoms with Crippen LogP contribution < -0.4 is 5.32 Å². The third-order valence-corrected chi connectivity index (χ3v) is 3.38. The van der Waals surface area contributed by atoms with E-state index in [-0.39, 0.29) is 11.3 Å². The van der Waals surface area contributed by atoms with E-state index in [2.05, 4.69) is 5.32 Å². The lowest BCUT2D eigenvalue weighted by Crippen LogP contribution is -2.14. The number of amides is 1. The predicted molar refractivity (Wildman–Crippen MR) is 85.0 cm³/mol. The number of benzene rings is 3. The molecule has 3 aromatic rings. The number of nitro benzene ring substituents is 1. The minimum atomic E-state index is -0.558. The Morgan fingerprint density at radius 3 is 2.41 bits per heavy atom. The van der Waals surface area contributed by atoms with Crippen molar-refractivity contribution in [2.75, 3.05) is 5.32 Å². The number of rotatable bonds is 3. The number of nitrogens with zero attached hydrogens (tertiary/aromatic N) is 1. The molecule has 108 valence electrons. The van der Waals surface area contributed by atoms with Crippen molar-refractivity contribution in [1.82, 2.24) is 0 Å². The van der Waals surface area contributed by atoms with Crippen molar-refractivity contribution < 1.29 is 9.72 Å². The molecule has 0 saturated carbocycles. The summed E-state index contributed by atoms with van der Waals surface area (Å²) in [7, 11) is 0. The van der Waals surface area contributed by atoms with E-state index in [1.807, 2.05) is 36.4 Å². The van der Waals surface area contributed by atoms with E-state index in [1.165, 1.54) is 18.2 Å². The molecule has 3 aromatic carbocycles. The molecule has 0 aromatic heterocycles. The van der Waals surface area contributed by atoms with Crippen LogP contribution in [0.4, 0.5) is 11.4 Å². The molecule has 0 heterocycles. The van der Waals surface area contributed by atoms with E-state index in [9.17, 15) is 14.9 Å². The molecule has 0 unspecified atom stereocenters. The van der Waals surface area contributed by atoms with E-state index in [0.717, 1.165) is 10.8 Å². The van der Waals surface area contributed by atoms with Crippen molar-refractivity contribution in [3.63, 3.8) is 0 Å². The molecule has 0 fully saturated rings. The Balaban J connectivity index is 1.99. The van der Waals surface area contributed by atoms with E-state index in [1.54, 1.807) is 12.1 Å². The molecule has 0 aliphatic heterocycles. The molecular formula is C17H12N2O3. The first-order valence-corrected chi connectivity index (χ1v) is 6.69. The minimum Gasteiger partial charge on any atom is -0.321 e. The molecule has 0 radical (unpaired) electrons. The Morgan fingerprint density at radius 2 is 1.59 bits per heavy atom. The van der Waals surface area contributed by atoms with E-state index in [4.69, 9.17) is 0 Å². The van der Waals surface area contributed by atoms with Crippen LogP contribution >= 0.6 is 0 Å². The molecule has 0 aliphatic rings. The topological polar surface area (TPSA) is 72.2 Å². The van der Waals surface area contributed by atoms with Crippen LogP contribution in [0.1, 0.15) is 10.4 Å². The van der Waals surface area contributed by atoms with Gasteiger partial charge < -0.3 is 5.32 Å². The van der Waals surface area contributed by atoms with Gasteiger partial charge in [-0.25, -0.2) is 0 Å². The number of fused-ring (bicyclic) bond motifs is 1. The second-order valence-electron chi connectivity index (χ2n) is 4.76. The standard InChI is InChI=1S/C17H12N2O3/c20-17(14-9-3-4-11-16(14)19(21)22)18-15-10-5-7-12-6-1-2-8-13(12)15/h1-11H,(H,18,20). The largest absolute Gasteiger partial charge is 0.321 e. The Hall–Kier alpha value is -3.21. The van der Waals surface area contributed by atoms with Gasteiger partial charge in [0.05, 0.1) is 4.92 Å². The van der Waals surface area contributed by atoms with Gasteiger partial charge in [0.1, 0.15) is 5.56 Å². The highest BCUT2D eigenvalue weighted by Gasteiger charge is 2.19. The molecule has 22 heavy (non-hydrogen) atoms. The fourth-order valence-electron chi connectivity index (χ4n) is 2.35. The zero-order valence-corrected chi connectivity index (χ0v) is 11.5. The quantitative estimate of drug-likeness (QED) is 0.585. The van der Waals surface area contributed by atoms with Crippen LogP contribution in [-0.4, -0.2) is 10.8 Å². The molecular weight excluding hydrogens is 280 g/mol. The van der Waals surface area contributed by atoms with Crippen molar-refractivity contribution >= 4 is 28.1 Å². The monoisotopic (exact) mass is 292 g/mol. The van der Waals surface area contributed by atoms with Crippen LogP contribution in [0.5, 0.6) is 0 Å². The van der Waals surface area contributed by atoms with Gasteiger partial charge in [-0.1, -0.05) is 48.5 Å². The smallest absolute Gasteiger partial charge is 0.282 e. The van der Waals surface area contributed by atoms with Crippen molar-refractivity contribution in [1.29, 1.82) is 0 Å². The number of nitrogens with one attached hydrogen (secondary N) is 1. The van der Waals surface area contributed by atoms with Gasteiger partial charge in [-0.2, -0.15) is 0 Å². The number of nitro groups is 1. The Bertz CT molecular complexity index is 869. The average molecular weight is 292 g/mol. The highest BCUT2D eigenvalue weighted by atomic mass is 16.6. The summed E-state index contributed by atoms with van der Waals surface area (Å²) in [5.41, 5.74) is 0.460. The molecule has 0 saturated heterocycles. The maximum atomic E-state index is 12.4. The van der Waals surface area contributed by atoms with Crippen LogP contribution in [0.3, 0.4) is 0 Å². The van der Waals surface area contributed by atoms with E-state index in [0.29, 0.717) is 5.69 Å². The zero-order chi connectivity index (χ0) is 15.5. The number of carbonyl (C=O) groups excluding carboxylic acids is 1. The Morgan fingerprint density at radius 1 is 0.909 bits per heavy atom. The van der Waals surface area contributed by atoms with Gasteiger partial charge in [0.15, 0.2) is 0 Å². The fourth-order valence-corrected chi connectivity index (χ4v) is 2.35. The summed E-state index contributed by atoms with van der Waals surface area (Å²) in [6.07, 6.45) is 0. The van der Waals surface area contributed by atoms with Crippen molar-refractivity contribution in [3.05, 3.63) is 82.4 Å². The first-order chi connectivity index (χ1) is 10.7. The van der Waals surface area contributed by atoms with Gasteiger partial charge in [-0.15, -0.1) is 0 Å². The fraction of sp³-hybridized carbons (Fsp3) is 0. The maximum Gasteiger partial charge on any atom is 0.282 e. The second-order valence-corrected chi connectivity index (χ2v) is 4.76. The van der Waals surface area contributed by atoms with E-state index < -0.39 is 10.8 Å². The van der Waals surface area contributed by atoms with Crippen molar-refractivity contribution in [2.45, 2.75) is 0 Å². The highest BCUT2D eigenvalue weighted by Crippen LogP contribution is 2.25. The van der Waals surface area contributed by atoms with E-state index >= 15 is 0 Å².